The summed E-state index contributed by atoms with van der Waals surface area (Å²) in [5.41, 5.74) is 1.06. The highest BCUT2D eigenvalue weighted by Crippen LogP contribution is 2.13. The Morgan fingerprint density at radius 3 is 3.00 bits per heavy atom. The van der Waals surface area contributed by atoms with Crippen LogP contribution in [0.1, 0.15) is 12.0 Å². The van der Waals surface area contributed by atoms with Crippen LogP contribution in [-0.4, -0.2) is 54.3 Å². The van der Waals surface area contributed by atoms with E-state index in [0.29, 0.717) is 25.4 Å². The molecule has 1 aliphatic rings. The van der Waals surface area contributed by atoms with E-state index in [0.717, 1.165) is 5.56 Å². The lowest BCUT2D eigenvalue weighted by molar-refractivity contribution is -0.148. The summed E-state index contributed by atoms with van der Waals surface area (Å²) in [5, 5.41) is 8.76. The third-order valence-electron chi connectivity index (χ3n) is 3.25. The van der Waals surface area contributed by atoms with Gasteiger partial charge in [-0.15, -0.1) is 0 Å². The van der Waals surface area contributed by atoms with Gasteiger partial charge in [-0.05, 0) is 24.6 Å². The van der Waals surface area contributed by atoms with Crippen molar-refractivity contribution in [3.63, 3.8) is 0 Å². The smallest absolute Gasteiger partial charge is 0.306 e. The van der Waals surface area contributed by atoms with Crippen molar-refractivity contribution in [2.45, 2.75) is 19.4 Å². The minimum Gasteiger partial charge on any atom is -0.484 e. The Balaban J connectivity index is 1.83. The number of carbonyl (C=O) groups is 2. The van der Waals surface area contributed by atoms with E-state index in [1.807, 2.05) is 25.1 Å². The van der Waals surface area contributed by atoms with Gasteiger partial charge >= 0.3 is 5.97 Å². The number of morpholine rings is 1. The molecule has 1 unspecified atom stereocenters. The Hall–Kier alpha value is -2.08. The molecule has 1 aliphatic heterocycles. The zero-order valence-corrected chi connectivity index (χ0v) is 11.9. The van der Waals surface area contributed by atoms with Gasteiger partial charge < -0.3 is 19.5 Å². The Morgan fingerprint density at radius 2 is 2.29 bits per heavy atom. The van der Waals surface area contributed by atoms with Crippen molar-refractivity contribution in [1.82, 2.24) is 4.90 Å². The van der Waals surface area contributed by atoms with Crippen LogP contribution in [0.2, 0.25) is 0 Å². The molecule has 6 nitrogen and oxygen atoms in total. The van der Waals surface area contributed by atoms with Crippen LogP contribution in [0.25, 0.3) is 0 Å². The van der Waals surface area contributed by atoms with Gasteiger partial charge in [0, 0.05) is 13.1 Å². The van der Waals surface area contributed by atoms with E-state index in [9.17, 15) is 9.59 Å². The van der Waals surface area contributed by atoms with Crippen molar-refractivity contribution >= 4 is 11.9 Å². The molecule has 2 rings (SSSR count). The molecule has 0 radical (unpaired) electrons. The average Bonchev–Trinajstić information content (AvgIpc) is 2.44. The van der Waals surface area contributed by atoms with Gasteiger partial charge in [-0.2, -0.15) is 0 Å². The Bertz CT molecular complexity index is 517. The van der Waals surface area contributed by atoms with E-state index in [2.05, 4.69) is 0 Å². The zero-order valence-electron chi connectivity index (χ0n) is 11.9. The average molecular weight is 293 g/mol. The molecule has 0 saturated carbocycles. The molecule has 1 amide bonds. The number of nitrogens with zero attached hydrogens (tertiary/aromatic N) is 1. The summed E-state index contributed by atoms with van der Waals surface area (Å²) >= 11 is 0. The maximum Gasteiger partial charge on any atom is 0.306 e. The maximum atomic E-state index is 12.1. The molecule has 21 heavy (non-hydrogen) atoms. The van der Waals surface area contributed by atoms with Gasteiger partial charge in [0.2, 0.25) is 0 Å². The number of ether oxygens (including phenoxy) is 2. The summed E-state index contributed by atoms with van der Waals surface area (Å²) < 4.78 is 10.8. The largest absolute Gasteiger partial charge is 0.484 e. The number of carboxylic acids is 1. The number of benzene rings is 1. The van der Waals surface area contributed by atoms with Gasteiger partial charge in [-0.25, -0.2) is 0 Å². The molecular formula is C15H19NO5. The lowest BCUT2D eigenvalue weighted by Crippen LogP contribution is -2.47. The molecule has 1 saturated heterocycles. The normalized spacial score (nSPS) is 18.3. The first kappa shape index (κ1) is 15.3. The second-order valence-electron chi connectivity index (χ2n) is 5.04. The van der Waals surface area contributed by atoms with E-state index in [1.54, 1.807) is 11.0 Å². The van der Waals surface area contributed by atoms with Crippen LogP contribution in [0.4, 0.5) is 0 Å². The first-order chi connectivity index (χ1) is 10.0. The van der Waals surface area contributed by atoms with Gasteiger partial charge in [0.25, 0.3) is 5.91 Å². The first-order valence-corrected chi connectivity index (χ1v) is 6.85. The Kier molecular flexibility index (Phi) is 5.16. The highest BCUT2D eigenvalue weighted by molar-refractivity contribution is 5.78. The van der Waals surface area contributed by atoms with Crippen molar-refractivity contribution < 1.29 is 24.2 Å². The molecule has 1 N–H and O–H groups in total. The Morgan fingerprint density at radius 1 is 1.48 bits per heavy atom. The highest BCUT2D eigenvalue weighted by atomic mass is 16.5. The molecule has 0 spiro atoms. The van der Waals surface area contributed by atoms with Crippen LogP contribution in [0.5, 0.6) is 5.75 Å². The van der Waals surface area contributed by atoms with Crippen LogP contribution in [0.15, 0.2) is 24.3 Å². The third kappa shape index (κ3) is 4.75. The minimum absolute atomic E-state index is 0.0523. The molecule has 1 aromatic carbocycles. The second kappa shape index (κ2) is 7.08. The molecule has 0 bridgehead atoms. The number of carboxylic acid groups (broad SMARTS) is 1. The van der Waals surface area contributed by atoms with Crippen LogP contribution in [-0.2, 0) is 14.3 Å². The van der Waals surface area contributed by atoms with Gasteiger partial charge in [-0.1, -0.05) is 12.1 Å². The number of carbonyl (C=O) groups excluding carboxylic acids is 1. The molecule has 6 heteroatoms. The van der Waals surface area contributed by atoms with Gasteiger partial charge in [0.05, 0.1) is 19.1 Å². The lowest BCUT2D eigenvalue weighted by Gasteiger charge is -2.32. The van der Waals surface area contributed by atoms with Crippen molar-refractivity contribution in [1.29, 1.82) is 0 Å². The molecule has 1 heterocycles. The van der Waals surface area contributed by atoms with E-state index in [-0.39, 0.29) is 18.9 Å². The second-order valence-corrected chi connectivity index (χ2v) is 5.04. The summed E-state index contributed by atoms with van der Waals surface area (Å²) in [4.78, 5) is 24.4. The molecule has 1 atom stereocenters. The standard InChI is InChI=1S/C15H19NO5/c1-11-3-2-4-12(7-11)21-10-14(17)16-5-6-20-13(9-16)8-15(18)19/h2-4,7,13H,5-6,8-10H2,1H3,(H,18,19). The fraction of sp³-hybridized carbons (Fsp3) is 0.467. The van der Waals surface area contributed by atoms with Crippen LogP contribution in [0, 0.1) is 6.92 Å². The fourth-order valence-corrected chi connectivity index (χ4v) is 2.21. The summed E-state index contributed by atoms with van der Waals surface area (Å²) in [6.07, 6.45) is -0.540. The SMILES string of the molecule is Cc1cccc(OCC(=O)N2CCOC(CC(=O)O)C2)c1. The van der Waals surface area contributed by atoms with Crippen LogP contribution in [0.3, 0.4) is 0 Å². The minimum atomic E-state index is -0.926. The summed E-state index contributed by atoms with van der Waals surface area (Å²) in [6, 6.07) is 7.48. The molecule has 1 aromatic rings. The van der Waals surface area contributed by atoms with Gasteiger partial charge in [0.15, 0.2) is 6.61 Å². The number of rotatable bonds is 5. The fourth-order valence-electron chi connectivity index (χ4n) is 2.21. The zero-order chi connectivity index (χ0) is 15.2. The van der Waals surface area contributed by atoms with E-state index >= 15 is 0 Å². The number of amides is 1. The van der Waals surface area contributed by atoms with Crippen molar-refractivity contribution in [3.05, 3.63) is 29.8 Å². The molecule has 114 valence electrons. The van der Waals surface area contributed by atoms with E-state index < -0.39 is 12.1 Å². The monoisotopic (exact) mass is 293 g/mol. The Labute approximate surface area is 123 Å². The van der Waals surface area contributed by atoms with E-state index in [1.165, 1.54) is 0 Å². The maximum absolute atomic E-state index is 12.1. The van der Waals surface area contributed by atoms with Gasteiger partial charge in [-0.3, -0.25) is 9.59 Å². The number of hydrogen-bond donors (Lipinski definition) is 1. The third-order valence-corrected chi connectivity index (χ3v) is 3.25. The summed E-state index contributed by atoms with van der Waals surface area (Å²) in [6.45, 7) is 3.01. The van der Waals surface area contributed by atoms with Gasteiger partial charge in [0.1, 0.15) is 5.75 Å². The lowest BCUT2D eigenvalue weighted by atomic mass is 10.2. The quantitative estimate of drug-likeness (QED) is 0.879. The highest BCUT2D eigenvalue weighted by Gasteiger charge is 2.26. The van der Waals surface area contributed by atoms with Crippen molar-refractivity contribution in [3.8, 4) is 5.75 Å². The topological polar surface area (TPSA) is 76.1 Å². The first-order valence-electron chi connectivity index (χ1n) is 6.85. The van der Waals surface area contributed by atoms with Crippen molar-refractivity contribution in [2.24, 2.45) is 0 Å². The van der Waals surface area contributed by atoms with E-state index in [4.69, 9.17) is 14.6 Å². The summed E-state index contributed by atoms with van der Waals surface area (Å²) in [5.74, 6) is -0.431. The van der Waals surface area contributed by atoms with Crippen LogP contribution < -0.4 is 4.74 Å². The number of aryl methyl sites for hydroxylation is 1. The molecule has 1 fully saturated rings. The molecule has 0 aromatic heterocycles. The summed E-state index contributed by atoms with van der Waals surface area (Å²) in [7, 11) is 0. The van der Waals surface area contributed by atoms with Crippen LogP contribution >= 0.6 is 0 Å². The molecular weight excluding hydrogens is 274 g/mol. The number of hydrogen-bond acceptors (Lipinski definition) is 4. The predicted octanol–water partition coefficient (Wildman–Crippen LogP) is 1.08. The molecule has 0 aliphatic carbocycles. The predicted molar refractivity (Wildman–Crippen MR) is 75.2 cm³/mol. The number of aliphatic carboxylic acids is 1. The van der Waals surface area contributed by atoms with Crippen molar-refractivity contribution in [2.75, 3.05) is 26.3 Å².